The number of fused-ring (bicyclic) bond motifs is 2. The minimum absolute atomic E-state index is 0.827. The number of ether oxygens (including phenoxy) is 1. The van der Waals surface area contributed by atoms with Gasteiger partial charge in [-0.3, -0.25) is 0 Å². The molecule has 0 saturated carbocycles. The third-order valence-electron chi connectivity index (χ3n) is 4.57. The van der Waals surface area contributed by atoms with E-state index in [0.717, 1.165) is 46.3 Å². The van der Waals surface area contributed by atoms with E-state index in [9.17, 15) is 0 Å². The molecule has 0 aliphatic carbocycles. The SMILES string of the molecule is CCC(=Cc1oc2ccccc2[n+]1C)C=C1Oc2ccccc2N1C. The molecule has 1 aliphatic heterocycles. The van der Waals surface area contributed by atoms with Crippen molar-refractivity contribution in [2.24, 2.45) is 7.05 Å². The first-order valence-electron chi connectivity index (χ1n) is 8.48. The van der Waals surface area contributed by atoms with E-state index in [1.54, 1.807) is 0 Å². The minimum Gasteiger partial charge on any atom is -0.439 e. The highest BCUT2D eigenvalue weighted by Crippen LogP contribution is 2.37. The fourth-order valence-corrected chi connectivity index (χ4v) is 3.06. The van der Waals surface area contributed by atoms with Crippen LogP contribution in [0.1, 0.15) is 19.2 Å². The number of oxazole rings is 1. The number of aryl methyl sites for hydroxylation is 1. The lowest BCUT2D eigenvalue weighted by molar-refractivity contribution is -0.652. The van der Waals surface area contributed by atoms with Crippen LogP contribution in [0.4, 0.5) is 5.69 Å². The summed E-state index contributed by atoms with van der Waals surface area (Å²) >= 11 is 0. The first-order valence-corrected chi connectivity index (χ1v) is 8.48. The maximum atomic E-state index is 5.99. The standard InChI is InChI=1S/C21H21N2O2/c1-4-15(13-20-22(2)16-9-5-7-11-18(16)24-20)14-21-23(3)17-10-6-8-12-19(17)25-21/h5-14H,4H2,1-3H3/q+1. The molecular weight excluding hydrogens is 312 g/mol. The Hall–Kier alpha value is -3.01. The van der Waals surface area contributed by atoms with E-state index in [2.05, 4.69) is 40.7 Å². The topological polar surface area (TPSA) is 29.5 Å². The number of para-hydroxylation sites is 4. The van der Waals surface area contributed by atoms with Crippen molar-refractivity contribution < 1.29 is 13.7 Å². The van der Waals surface area contributed by atoms with Gasteiger partial charge < -0.3 is 14.1 Å². The zero-order valence-corrected chi connectivity index (χ0v) is 14.7. The van der Waals surface area contributed by atoms with Crippen molar-refractivity contribution >= 4 is 22.9 Å². The lowest BCUT2D eigenvalue weighted by Gasteiger charge is -2.11. The Labute approximate surface area is 147 Å². The van der Waals surface area contributed by atoms with Crippen LogP contribution in [0, 0.1) is 0 Å². The number of aromatic nitrogens is 1. The van der Waals surface area contributed by atoms with Gasteiger partial charge in [-0.15, -0.1) is 0 Å². The zero-order valence-electron chi connectivity index (χ0n) is 14.7. The van der Waals surface area contributed by atoms with E-state index >= 15 is 0 Å². The molecule has 0 amide bonds. The van der Waals surface area contributed by atoms with Gasteiger partial charge >= 0.3 is 5.89 Å². The number of anilines is 1. The van der Waals surface area contributed by atoms with Crippen LogP contribution in [0.5, 0.6) is 5.75 Å². The van der Waals surface area contributed by atoms with E-state index in [-0.39, 0.29) is 0 Å². The molecule has 0 fully saturated rings. The molecule has 2 heterocycles. The molecule has 0 bridgehead atoms. The van der Waals surface area contributed by atoms with E-state index in [4.69, 9.17) is 9.15 Å². The summed E-state index contributed by atoms with van der Waals surface area (Å²) < 4.78 is 14.0. The molecule has 2 aromatic carbocycles. The van der Waals surface area contributed by atoms with Gasteiger partial charge in [0.2, 0.25) is 11.5 Å². The summed E-state index contributed by atoms with van der Waals surface area (Å²) in [6, 6.07) is 16.1. The summed E-state index contributed by atoms with van der Waals surface area (Å²) in [5, 5.41) is 0. The van der Waals surface area contributed by atoms with Gasteiger partial charge in [0.05, 0.1) is 11.8 Å². The molecule has 0 saturated heterocycles. The largest absolute Gasteiger partial charge is 0.439 e. The van der Waals surface area contributed by atoms with Gasteiger partial charge in [-0.1, -0.05) is 31.2 Å². The Morgan fingerprint density at radius 3 is 2.64 bits per heavy atom. The molecule has 3 aromatic rings. The Morgan fingerprint density at radius 2 is 1.88 bits per heavy atom. The Bertz CT molecular complexity index is 998. The fraction of sp³-hybridized carbons (Fsp3) is 0.190. The van der Waals surface area contributed by atoms with Gasteiger partial charge in [-0.25, -0.2) is 0 Å². The molecule has 1 aliphatic rings. The van der Waals surface area contributed by atoms with Gasteiger partial charge in [-0.05, 0) is 30.2 Å². The molecule has 1 aromatic heterocycles. The molecule has 0 radical (unpaired) electrons. The van der Waals surface area contributed by atoms with Crippen molar-refractivity contribution in [3.8, 4) is 5.75 Å². The maximum absolute atomic E-state index is 5.99. The van der Waals surface area contributed by atoms with Gasteiger partial charge in [0.15, 0.2) is 5.75 Å². The van der Waals surface area contributed by atoms with Crippen LogP contribution < -0.4 is 14.2 Å². The average molecular weight is 333 g/mol. The summed E-state index contributed by atoms with van der Waals surface area (Å²) in [6.45, 7) is 2.13. The van der Waals surface area contributed by atoms with Crippen molar-refractivity contribution in [1.29, 1.82) is 0 Å². The molecule has 0 spiro atoms. The average Bonchev–Trinajstić information content (AvgIpc) is 3.12. The number of nitrogens with zero attached hydrogens (tertiary/aromatic N) is 2. The number of benzene rings is 2. The van der Waals surface area contributed by atoms with Crippen molar-refractivity contribution in [2.45, 2.75) is 13.3 Å². The highest BCUT2D eigenvalue weighted by molar-refractivity contribution is 5.70. The second-order valence-electron chi connectivity index (χ2n) is 6.15. The summed E-state index contributed by atoms with van der Waals surface area (Å²) in [5.74, 6) is 2.54. The van der Waals surface area contributed by atoms with Crippen molar-refractivity contribution in [1.82, 2.24) is 0 Å². The smallest absolute Gasteiger partial charge is 0.374 e. The van der Waals surface area contributed by atoms with Crippen LogP contribution in [0.3, 0.4) is 0 Å². The first kappa shape index (κ1) is 15.5. The predicted octanol–water partition coefficient (Wildman–Crippen LogP) is 4.42. The van der Waals surface area contributed by atoms with Crippen molar-refractivity contribution in [3.05, 3.63) is 72.0 Å². The number of hydrogen-bond acceptors (Lipinski definition) is 3. The first-order chi connectivity index (χ1) is 12.2. The molecule has 126 valence electrons. The van der Waals surface area contributed by atoms with Crippen LogP contribution in [0.15, 0.2) is 70.5 Å². The quantitative estimate of drug-likeness (QED) is 0.665. The lowest BCUT2D eigenvalue weighted by Crippen LogP contribution is -2.29. The third kappa shape index (κ3) is 2.70. The summed E-state index contributed by atoms with van der Waals surface area (Å²) in [4.78, 5) is 2.07. The van der Waals surface area contributed by atoms with Crippen LogP contribution in [0.2, 0.25) is 0 Å². The van der Waals surface area contributed by atoms with Gasteiger partial charge in [0, 0.05) is 19.2 Å². The second kappa shape index (κ2) is 6.13. The van der Waals surface area contributed by atoms with E-state index in [1.807, 2.05) is 50.5 Å². The van der Waals surface area contributed by atoms with E-state index in [0.29, 0.717) is 0 Å². The molecule has 25 heavy (non-hydrogen) atoms. The molecular formula is C21H21N2O2+. The highest BCUT2D eigenvalue weighted by atomic mass is 16.5. The Kier molecular flexibility index (Phi) is 3.80. The fourth-order valence-electron chi connectivity index (χ4n) is 3.06. The maximum Gasteiger partial charge on any atom is 0.374 e. The van der Waals surface area contributed by atoms with E-state index in [1.165, 1.54) is 0 Å². The number of allylic oxidation sites excluding steroid dienone is 2. The van der Waals surface area contributed by atoms with Crippen molar-refractivity contribution in [3.63, 3.8) is 0 Å². The normalized spacial score (nSPS) is 15.7. The Balaban J connectivity index is 1.71. The van der Waals surface area contributed by atoms with Crippen LogP contribution in [0.25, 0.3) is 17.2 Å². The second-order valence-corrected chi connectivity index (χ2v) is 6.15. The summed E-state index contributed by atoms with van der Waals surface area (Å²) in [5.41, 5.74) is 4.20. The molecule has 4 rings (SSSR count). The van der Waals surface area contributed by atoms with E-state index < -0.39 is 0 Å². The lowest BCUT2D eigenvalue weighted by atomic mass is 10.2. The molecule has 0 N–H and O–H groups in total. The van der Waals surface area contributed by atoms with Crippen LogP contribution in [-0.2, 0) is 7.05 Å². The van der Waals surface area contributed by atoms with Gasteiger partial charge in [0.1, 0.15) is 7.05 Å². The van der Waals surface area contributed by atoms with Gasteiger partial charge in [0.25, 0.3) is 5.52 Å². The van der Waals surface area contributed by atoms with Crippen molar-refractivity contribution in [2.75, 3.05) is 11.9 Å². The van der Waals surface area contributed by atoms with Crippen LogP contribution >= 0.6 is 0 Å². The summed E-state index contributed by atoms with van der Waals surface area (Å²) in [7, 11) is 4.04. The minimum atomic E-state index is 0.827. The van der Waals surface area contributed by atoms with Gasteiger partial charge in [-0.2, -0.15) is 4.57 Å². The molecule has 4 heteroatoms. The summed E-state index contributed by atoms with van der Waals surface area (Å²) in [6.07, 6.45) is 5.04. The monoisotopic (exact) mass is 333 g/mol. The zero-order chi connectivity index (χ0) is 17.4. The highest BCUT2D eigenvalue weighted by Gasteiger charge is 2.23. The molecule has 4 nitrogen and oxygen atoms in total. The number of rotatable bonds is 3. The predicted molar refractivity (Wildman–Crippen MR) is 99.2 cm³/mol. The Morgan fingerprint density at radius 1 is 1.12 bits per heavy atom. The third-order valence-corrected chi connectivity index (χ3v) is 4.57. The molecule has 0 unspecified atom stereocenters. The van der Waals surface area contributed by atoms with Crippen LogP contribution in [-0.4, -0.2) is 7.05 Å². The molecule has 0 atom stereocenters. The number of hydrogen-bond donors (Lipinski definition) is 0.